The summed E-state index contributed by atoms with van der Waals surface area (Å²) < 4.78 is 5.42. The highest BCUT2D eigenvalue weighted by molar-refractivity contribution is 5.83. The number of rotatable bonds is 6. The van der Waals surface area contributed by atoms with Gasteiger partial charge in [-0.15, -0.1) is 0 Å². The van der Waals surface area contributed by atoms with Crippen molar-refractivity contribution in [2.75, 3.05) is 52.5 Å². The van der Waals surface area contributed by atoms with Crippen LogP contribution in [0.15, 0.2) is 0 Å². The van der Waals surface area contributed by atoms with Gasteiger partial charge >= 0.3 is 0 Å². The van der Waals surface area contributed by atoms with Crippen molar-refractivity contribution in [3.8, 4) is 0 Å². The first-order valence-corrected chi connectivity index (χ1v) is 8.94. The van der Waals surface area contributed by atoms with Crippen LogP contribution in [0.1, 0.15) is 39.5 Å². The topological polar surface area (TPSA) is 58.8 Å². The van der Waals surface area contributed by atoms with Crippen LogP contribution in [0.5, 0.6) is 0 Å². The molecule has 5 nitrogen and oxygen atoms in total. The van der Waals surface area contributed by atoms with Gasteiger partial charge in [0.25, 0.3) is 0 Å². The number of hydrogen-bond donors (Lipinski definition) is 1. The third-order valence-electron chi connectivity index (χ3n) is 5.61. The van der Waals surface area contributed by atoms with E-state index < -0.39 is 0 Å². The average Bonchev–Trinajstić information content (AvgIpc) is 2.60. The Hall–Kier alpha value is -0.650. The van der Waals surface area contributed by atoms with E-state index in [9.17, 15) is 4.79 Å². The van der Waals surface area contributed by atoms with E-state index in [1.165, 1.54) is 6.54 Å². The van der Waals surface area contributed by atoms with Crippen molar-refractivity contribution in [1.29, 1.82) is 0 Å². The Balaban J connectivity index is 1.86. The summed E-state index contributed by atoms with van der Waals surface area (Å²) in [5.41, 5.74) is 5.61. The van der Waals surface area contributed by atoms with Gasteiger partial charge in [0.1, 0.15) is 0 Å². The molecular weight excluding hydrogens is 278 g/mol. The lowest BCUT2D eigenvalue weighted by Crippen LogP contribution is -2.53. The fourth-order valence-electron chi connectivity index (χ4n) is 3.77. The molecule has 0 saturated carbocycles. The van der Waals surface area contributed by atoms with Crippen LogP contribution in [0.2, 0.25) is 0 Å². The molecule has 5 heteroatoms. The van der Waals surface area contributed by atoms with E-state index in [1.807, 2.05) is 0 Å². The maximum atomic E-state index is 12.9. The van der Waals surface area contributed by atoms with Gasteiger partial charge < -0.3 is 20.3 Å². The van der Waals surface area contributed by atoms with Gasteiger partial charge in [-0.25, -0.2) is 0 Å². The van der Waals surface area contributed by atoms with Crippen molar-refractivity contribution in [2.45, 2.75) is 39.5 Å². The molecule has 2 heterocycles. The maximum Gasteiger partial charge on any atom is 0.230 e. The minimum Gasteiger partial charge on any atom is -0.381 e. The third kappa shape index (κ3) is 4.00. The zero-order chi connectivity index (χ0) is 16.0. The molecule has 0 bridgehead atoms. The number of piperidine rings is 1. The summed E-state index contributed by atoms with van der Waals surface area (Å²) in [4.78, 5) is 17.5. The highest BCUT2D eigenvalue weighted by atomic mass is 16.5. The van der Waals surface area contributed by atoms with Crippen molar-refractivity contribution < 1.29 is 9.53 Å². The SMILES string of the molecule is CCN(CC)CC1CCN(C(=O)C2(CN)CCOCC2)CC1. The number of carbonyl (C=O) groups excluding carboxylic acids is 1. The number of ether oxygens (including phenoxy) is 1. The molecule has 22 heavy (non-hydrogen) atoms. The molecule has 0 aromatic rings. The molecule has 0 radical (unpaired) electrons. The van der Waals surface area contributed by atoms with Gasteiger partial charge in [-0.3, -0.25) is 4.79 Å². The number of hydrogen-bond acceptors (Lipinski definition) is 4. The van der Waals surface area contributed by atoms with Gasteiger partial charge in [-0.1, -0.05) is 13.8 Å². The Morgan fingerprint density at radius 3 is 2.32 bits per heavy atom. The fraction of sp³-hybridized carbons (Fsp3) is 0.941. The predicted molar refractivity (Wildman–Crippen MR) is 88.6 cm³/mol. The quantitative estimate of drug-likeness (QED) is 0.804. The molecule has 0 unspecified atom stereocenters. The van der Waals surface area contributed by atoms with Crippen molar-refractivity contribution in [3.05, 3.63) is 0 Å². The van der Waals surface area contributed by atoms with Crippen LogP contribution in [0.3, 0.4) is 0 Å². The molecule has 0 aromatic carbocycles. The number of likely N-dealkylation sites (tertiary alicyclic amines) is 1. The summed E-state index contributed by atoms with van der Waals surface area (Å²) in [6.07, 6.45) is 3.81. The summed E-state index contributed by atoms with van der Waals surface area (Å²) >= 11 is 0. The second-order valence-electron chi connectivity index (χ2n) is 6.82. The van der Waals surface area contributed by atoms with Crippen LogP contribution in [0.25, 0.3) is 0 Å². The van der Waals surface area contributed by atoms with E-state index in [1.54, 1.807) is 0 Å². The van der Waals surface area contributed by atoms with E-state index in [0.717, 1.165) is 57.8 Å². The normalized spacial score (nSPS) is 23.0. The van der Waals surface area contributed by atoms with E-state index in [4.69, 9.17) is 10.5 Å². The Labute approximate surface area is 135 Å². The largest absolute Gasteiger partial charge is 0.381 e. The van der Waals surface area contributed by atoms with Crippen molar-refractivity contribution >= 4 is 5.91 Å². The molecule has 0 aromatic heterocycles. The summed E-state index contributed by atoms with van der Waals surface area (Å²) in [5.74, 6) is 1.01. The number of nitrogens with zero attached hydrogens (tertiary/aromatic N) is 2. The molecule has 2 aliphatic heterocycles. The molecule has 128 valence electrons. The Bertz CT molecular complexity index is 344. The Morgan fingerprint density at radius 1 is 1.23 bits per heavy atom. The van der Waals surface area contributed by atoms with Gasteiger partial charge in [0.05, 0.1) is 5.41 Å². The fourth-order valence-corrected chi connectivity index (χ4v) is 3.77. The van der Waals surface area contributed by atoms with Gasteiger partial charge in [0.15, 0.2) is 0 Å². The Morgan fingerprint density at radius 2 is 1.82 bits per heavy atom. The molecule has 1 amide bonds. The number of nitrogens with two attached hydrogens (primary N) is 1. The van der Waals surface area contributed by atoms with Crippen molar-refractivity contribution in [1.82, 2.24) is 9.80 Å². The van der Waals surface area contributed by atoms with Crippen molar-refractivity contribution in [3.63, 3.8) is 0 Å². The molecule has 2 saturated heterocycles. The molecule has 2 fully saturated rings. The first-order valence-electron chi connectivity index (χ1n) is 8.94. The summed E-state index contributed by atoms with van der Waals surface area (Å²) in [5, 5.41) is 0. The molecule has 2 N–H and O–H groups in total. The summed E-state index contributed by atoms with van der Waals surface area (Å²) in [7, 11) is 0. The van der Waals surface area contributed by atoms with E-state index in [0.29, 0.717) is 19.8 Å². The highest BCUT2D eigenvalue weighted by Gasteiger charge is 2.42. The van der Waals surface area contributed by atoms with Crippen LogP contribution < -0.4 is 5.73 Å². The zero-order valence-electron chi connectivity index (χ0n) is 14.4. The third-order valence-corrected chi connectivity index (χ3v) is 5.61. The van der Waals surface area contributed by atoms with E-state index >= 15 is 0 Å². The lowest BCUT2D eigenvalue weighted by atomic mass is 9.78. The summed E-state index contributed by atoms with van der Waals surface area (Å²) in [6, 6.07) is 0. The maximum absolute atomic E-state index is 12.9. The van der Waals surface area contributed by atoms with Crippen molar-refractivity contribution in [2.24, 2.45) is 17.1 Å². The van der Waals surface area contributed by atoms with Crippen LogP contribution in [-0.4, -0.2) is 68.2 Å². The number of amides is 1. The van der Waals surface area contributed by atoms with E-state index in [2.05, 4.69) is 23.6 Å². The molecule has 2 rings (SSSR count). The van der Waals surface area contributed by atoms with Crippen LogP contribution in [0, 0.1) is 11.3 Å². The smallest absolute Gasteiger partial charge is 0.230 e. The molecule has 0 aliphatic carbocycles. The lowest BCUT2D eigenvalue weighted by Gasteiger charge is -2.42. The Kier molecular flexibility index (Phi) is 6.66. The second-order valence-corrected chi connectivity index (χ2v) is 6.82. The van der Waals surface area contributed by atoms with Gasteiger partial charge in [-0.05, 0) is 44.7 Å². The highest BCUT2D eigenvalue weighted by Crippen LogP contribution is 2.33. The average molecular weight is 311 g/mol. The van der Waals surface area contributed by atoms with E-state index in [-0.39, 0.29) is 11.3 Å². The first kappa shape index (κ1) is 17.7. The monoisotopic (exact) mass is 311 g/mol. The predicted octanol–water partition coefficient (Wildman–Crippen LogP) is 1.32. The standard InChI is InChI=1S/C17H33N3O2/c1-3-19(4-2)13-15-5-9-20(10-6-15)16(21)17(14-18)7-11-22-12-8-17/h15H,3-14,18H2,1-2H3. The second kappa shape index (κ2) is 8.27. The van der Waals surface area contributed by atoms with Crippen LogP contribution in [-0.2, 0) is 9.53 Å². The minimum absolute atomic E-state index is 0.277. The molecule has 2 aliphatic rings. The minimum atomic E-state index is -0.357. The van der Waals surface area contributed by atoms with Gasteiger partial charge in [0.2, 0.25) is 5.91 Å². The zero-order valence-corrected chi connectivity index (χ0v) is 14.4. The lowest BCUT2D eigenvalue weighted by molar-refractivity contribution is -0.148. The molecule has 0 atom stereocenters. The summed E-state index contributed by atoms with van der Waals surface area (Å²) in [6.45, 7) is 11.4. The van der Waals surface area contributed by atoms with Crippen LogP contribution >= 0.6 is 0 Å². The van der Waals surface area contributed by atoms with Gasteiger partial charge in [0, 0.05) is 39.4 Å². The number of carbonyl (C=O) groups is 1. The molecule has 0 spiro atoms. The van der Waals surface area contributed by atoms with Crippen LogP contribution in [0.4, 0.5) is 0 Å². The van der Waals surface area contributed by atoms with Gasteiger partial charge in [-0.2, -0.15) is 0 Å². The molecular formula is C17H33N3O2. The first-order chi connectivity index (χ1) is 10.6.